The minimum atomic E-state index is -0.744. The lowest BCUT2D eigenvalue weighted by molar-refractivity contribution is -0.137. The van der Waals surface area contributed by atoms with Gasteiger partial charge in [-0.1, -0.05) is 5.21 Å². The first-order valence-electron chi connectivity index (χ1n) is 6.25. The smallest absolute Gasteiger partial charge is 0.303 e. The molecule has 102 valence electrons. The molecule has 1 unspecified atom stereocenters. The molecule has 1 heterocycles. The van der Waals surface area contributed by atoms with Crippen LogP contribution in [0.15, 0.2) is 6.20 Å². The fourth-order valence-electron chi connectivity index (χ4n) is 1.65. The van der Waals surface area contributed by atoms with Gasteiger partial charge in [0, 0.05) is 26.3 Å². The molecule has 0 spiro atoms. The average Bonchev–Trinajstić information content (AvgIpc) is 2.80. The van der Waals surface area contributed by atoms with Gasteiger partial charge in [-0.3, -0.25) is 4.79 Å². The van der Waals surface area contributed by atoms with Crippen LogP contribution in [-0.2, 0) is 16.0 Å². The molecule has 0 saturated heterocycles. The van der Waals surface area contributed by atoms with Crippen molar-refractivity contribution in [3.63, 3.8) is 0 Å². The second-order valence-electron chi connectivity index (χ2n) is 4.42. The van der Waals surface area contributed by atoms with E-state index in [0.29, 0.717) is 13.0 Å². The monoisotopic (exact) mass is 255 g/mol. The molecule has 1 rings (SSSR count). The van der Waals surface area contributed by atoms with Crippen LogP contribution in [0.2, 0.25) is 0 Å². The van der Waals surface area contributed by atoms with Crippen LogP contribution in [0.25, 0.3) is 0 Å². The Labute approximate surface area is 107 Å². The van der Waals surface area contributed by atoms with Gasteiger partial charge in [0.25, 0.3) is 0 Å². The van der Waals surface area contributed by atoms with Gasteiger partial charge in [0.15, 0.2) is 0 Å². The van der Waals surface area contributed by atoms with Gasteiger partial charge in [0.2, 0.25) is 0 Å². The van der Waals surface area contributed by atoms with Gasteiger partial charge in [-0.15, -0.1) is 5.10 Å². The number of ether oxygens (including phenoxy) is 1. The lowest BCUT2D eigenvalue weighted by Crippen LogP contribution is -2.08. The van der Waals surface area contributed by atoms with Gasteiger partial charge in [-0.25, -0.2) is 4.68 Å². The number of aromatic nitrogens is 3. The average molecular weight is 255 g/mol. The van der Waals surface area contributed by atoms with Crippen molar-refractivity contribution >= 4 is 5.97 Å². The topological polar surface area (TPSA) is 77.2 Å². The molecule has 0 fully saturated rings. The van der Waals surface area contributed by atoms with Crippen molar-refractivity contribution in [3.8, 4) is 0 Å². The van der Waals surface area contributed by atoms with Crippen molar-refractivity contribution in [2.75, 3.05) is 13.7 Å². The fourth-order valence-corrected chi connectivity index (χ4v) is 1.65. The Bertz CT molecular complexity index is 365. The third kappa shape index (κ3) is 5.27. The summed E-state index contributed by atoms with van der Waals surface area (Å²) in [6.45, 7) is 2.77. The highest BCUT2D eigenvalue weighted by Crippen LogP contribution is 2.10. The number of hydrogen-bond acceptors (Lipinski definition) is 4. The van der Waals surface area contributed by atoms with Crippen molar-refractivity contribution in [2.45, 2.75) is 45.1 Å². The molecule has 1 aromatic rings. The summed E-state index contributed by atoms with van der Waals surface area (Å²) in [5, 5.41) is 16.7. The molecule has 6 heteroatoms. The molecule has 0 amide bonds. The van der Waals surface area contributed by atoms with Gasteiger partial charge in [-0.05, 0) is 32.6 Å². The molecule has 0 aliphatic carbocycles. The summed E-state index contributed by atoms with van der Waals surface area (Å²) >= 11 is 0. The number of unbranched alkanes of at least 4 members (excludes halogenated alkanes) is 1. The number of carboxylic acid groups (broad SMARTS) is 1. The van der Waals surface area contributed by atoms with E-state index in [9.17, 15) is 4.79 Å². The Hall–Kier alpha value is -1.43. The highest BCUT2D eigenvalue weighted by Gasteiger charge is 2.08. The number of methoxy groups -OCH3 is 1. The van der Waals surface area contributed by atoms with Gasteiger partial charge >= 0.3 is 5.97 Å². The van der Waals surface area contributed by atoms with E-state index in [1.165, 1.54) is 0 Å². The molecule has 1 N–H and O–H groups in total. The summed E-state index contributed by atoms with van der Waals surface area (Å²) < 4.78 is 6.86. The number of aryl methyl sites for hydroxylation is 1. The van der Waals surface area contributed by atoms with Crippen LogP contribution in [0.5, 0.6) is 0 Å². The lowest BCUT2D eigenvalue weighted by atomic mass is 10.1. The van der Waals surface area contributed by atoms with E-state index in [1.54, 1.807) is 7.11 Å². The Morgan fingerprint density at radius 1 is 1.56 bits per heavy atom. The molecule has 0 aromatic carbocycles. The van der Waals surface area contributed by atoms with Crippen LogP contribution in [0.3, 0.4) is 0 Å². The molecule has 18 heavy (non-hydrogen) atoms. The molecule has 0 aliphatic rings. The highest BCUT2D eigenvalue weighted by atomic mass is 16.5. The lowest BCUT2D eigenvalue weighted by Gasteiger charge is -2.09. The SMILES string of the molecule is COCCC(C)n1cc(CCCCC(=O)O)nn1. The fraction of sp³-hybridized carbons (Fsp3) is 0.750. The minimum absolute atomic E-state index is 0.221. The second-order valence-corrected chi connectivity index (χ2v) is 4.42. The first kappa shape index (κ1) is 14.6. The van der Waals surface area contributed by atoms with E-state index >= 15 is 0 Å². The van der Waals surface area contributed by atoms with Crippen molar-refractivity contribution in [1.82, 2.24) is 15.0 Å². The van der Waals surface area contributed by atoms with Crippen LogP contribution in [-0.4, -0.2) is 39.8 Å². The quantitative estimate of drug-likeness (QED) is 0.679. The summed E-state index contributed by atoms with van der Waals surface area (Å²) in [6, 6.07) is 0.269. The number of nitrogens with zero attached hydrogens (tertiary/aromatic N) is 3. The van der Waals surface area contributed by atoms with E-state index in [0.717, 1.165) is 25.0 Å². The first-order chi connectivity index (χ1) is 8.63. The first-order valence-corrected chi connectivity index (χ1v) is 6.25. The summed E-state index contributed by atoms with van der Waals surface area (Å²) in [4.78, 5) is 10.4. The number of carboxylic acids is 1. The van der Waals surface area contributed by atoms with Crippen LogP contribution >= 0.6 is 0 Å². The third-order valence-electron chi connectivity index (χ3n) is 2.82. The van der Waals surface area contributed by atoms with Crippen LogP contribution in [0, 0.1) is 0 Å². The van der Waals surface area contributed by atoms with Crippen molar-refractivity contribution in [3.05, 3.63) is 11.9 Å². The maximum Gasteiger partial charge on any atom is 0.303 e. The van der Waals surface area contributed by atoms with E-state index in [4.69, 9.17) is 9.84 Å². The molecular formula is C12H21N3O3. The van der Waals surface area contributed by atoms with Crippen LogP contribution in [0.4, 0.5) is 0 Å². The van der Waals surface area contributed by atoms with Crippen molar-refractivity contribution < 1.29 is 14.6 Å². The summed E-state index contributed by atoms with van der Waals surface area (Å²) in [5.41, 5.74) is 0.921. The number of hydrogen-bond donors (Lipinski definition) is 1. The summed E-state index contributed by atoms with van der Waals surface area (Å²) in [7, 11) is 1.68. The van der Waals surface area contributed by atoms with Crippen LogP contribution < -0.4 is 0 Å². The van der Waals surface area contributed by atoms with Gasteiger partial charge in [0.1, 0.15) is 0 Å². The van der Waals surface area contributed by atoms with E-state index in [2.05, 4.69) is 17.2 Å². The standard InChI is InChI=1S/C12H21N3O3/c1-10(7-8-18-2)15-9-11(13-14-15)5-3-4-6-12(16)17/h9-10H,3-8H2,1-2H3,(H,16,17). The number of aliphatic carboxylic acids is 1. The van der Waals surface area contributed by atoms with E-state index in [-0.39, 0.29) is 12.5 Å². The third-order valence-corrected chi connectivity index (χ3v) is 2.82. The van der Waals surface area contributed by atoms with E-state index in [1.807, 2.05) is 10.9 Å². The number of carbonyl (C=O) groups is 1. The molecule has 1 atom stereocenters. The zero-order chi connectivity index (χ0) is 13.4. The molecule has 0 aliphatic heterocycles. The molecule has 0 bridgehead atoms. The largest absolute Gasteiger partial charge is 0.481 e. The predicted molar refractivity (Wildman–Crippen MR) is 66.4 cm³/mol. The predicted octanol–water partition coefficient (Wildman–Crippen LogP) is 1.67. The Morgan fingerprint density at radius 3 is 3.00 bits per heavy atom. The Balaban J connectivity index is 2.31. The van der Waals surface area contributed by atoms with Gasteiger partial charge < -0.3 is 9.84 Å². The molecular weight excluding hydrogens is 234 g/mol. The van der Waals surface area contributed by atoms with Crippen molar-refractivity contribution in [1.29, 1.82) is 0 Å². The summed E-state index contributed by atoms with van der Waals surface area (Å²) in [5.74, 6) is -0.744. The Kier molecular flexibility index (Phi) is 6.35. The van der Waals surface area contributed by atoms with Gasteiger partial charge in [-0.2, -0.15) is 0 Å². The maximum atomic E-state index is 10.4. The number of rotatable bonds is 9. The minimum Gasteiger partial charge on any atom is -0.481 e. The zero-order valence-corrected chi connectivity index (χ0v) is 11.0. The van der Waals surface area contributed by atoms with Gasteiger partial charge in [0.05, 0.1) is 11.7 Å². The highest BCUT2D eigenvalue weighted by molar-refractivity contribution is 5.66. The molecule has 0 saturated carbocycles. The normalized spacial score (nSPS) is 12.6. The molecule has 0 radical (unpaired) electrons. The second kappa shape index (κ2) is 7.81. The van der Waals surface area contributed by atoms with E-state index < -0.39 is 5.97 Å². The zero-order valence-electron chi connectivity index (χ0n) is 11.0. The molecule has 1 aromatic heterocycles. The summed E-state index contributed by atoms with van der Waals surface area (Å²) in [6.07, 6.45) is 5.35. The molecule has 6 nitrogen and oxygen atoms in total. The van der Waals surface area contributed by atoms with Crippen molar-refractivity contribution in [2.24, 2.45) is 0 Å². The Morgan fingerprint density at radius 2 is 2.33 bits per heavy atom. The van der Waals surface area contributed by atoms with Crippen LogP contribution in [0.1, 0.15) is 44.3 Å². The maximum absolute atomic E-state index is 10.4.